The van der Waals surface area contributed by atoms with E-state index in [2.05, 4.69) is 23.8 Å². The Balaban J connectivity index is 0.00000172. The van der Waals surface area contributed by atoms with Crippen molar-refractivity contribution in [3.8, 4) is 0 Å². The van der Waals surface area contributed by atoms with E-state index in [0.717, 1.165) is 59.5 Å². The molecule has 214 valence electrons. The van der Waals surface area contributed by atoms with Gasteiger partial charge in [-0.3, -0.25) is 0 Å². The summed E-state index contributed by atoms with van der Waals surface area (Å²) < 4.78 is 45.8. The van der Waals surface area contributed by atoms with Crippen LogP contribution in [0.15, 0.2) is 23.1 Å². The quantitative estimate of drug-likeness (QED) is 0.163. The Hall–Kier alpha value is -1.43. The summed E-state index contributed by atoms with van der Waals surface area (Å²) in [6, 6.07) is 4.11. The van der Waals surface area contributed by atoms with Crippen molar-refractivity contribution in [2.24, 2.45) is 0 Å². The van der Waals surface area contributed by atoms with Crippen molar-refractivity contribution >= 4 is 58.2 Å². The van der Waals surface area contributed by atoms with E-state index < -0.39 is 37.0 Å². The first-order valence-electron chi connectivity index (χ1n) is 13.6. The van der Waals surface area contributed by atoms with Crippen molar-refractivity contribution in [2.75, 3.05) is 13.1 Å². The van der Waals surface area contributed by atoms with Gasteiger partial charge >= 0.3 is 230 Å². The van der Waals surface area contributed by atoms with Gasteiger partial charge in [-0.05, 0) is 0 Å². The molecule has 0 aromatic carbocycles. The summed E-state index contributed by atoms with van der Waals surface area (Å²) in [4.78, 5) is 0.984. The Morgan fingerprint density at radius 1 is 1.26 bits per heavy atom. The molecule has 7 nitrogen and oxygen atoms in total. The maximum absolute atomic E-state index is 13.2. The molecular formula is C27H38F2N6OS2Se. The van der Waals surface area contributed by atoms with Crippen molar-refractivity contribution in [1.29, 1.82) is 10.8 Å². The maximum atomic E-state index is 13.2. The first-order chi connectivity index (χ1) is 18.6. The van der Waals surface area contributed by atoms with Crippen molar-refractivity contribution < 1.29 is 13.0 Å². The fraction of sp³-hybridized carbons (Fsp3) is 0.593. The van der Waals surface area contributed by atoms with Gasteiger partial charge in [0.2, 0.25) is 0 Å². The second-order valence-electron chi connectivity index (χ2n) is 10.5. The molecule has 0 saturated heterocycles. The standard InChI is InChI=1S/C25H32F2N6OS2Se.C2H6/c1-14(2)36(34)32-10-6-15(7-11-32)18-12-17(35-31-25(3)8-9-25)13-19-20(23(28)37-24(29)22(26)27)21(16-4-5-16)30-33(18)19;1-2/h6,12-14,16,22,28-29,31H,4-5,7-11H2,1-3H3;1-2H3. The Bertz CT molecular complexity index is 1300. The van der Waals surface area contributed by atoms with Crippen LogP contribution in [0.1, 0.15) is 89.6 Å². The van der Waals surface area contributed by atoms with Gasteiger partial charge in [0, 0.05) is 0 Å². The molecule has 2 aliphatic carbocycles. The SMILES string of the molecule is CC.CC(C)S(=O)N1CC=C(c2cc(SNC3(C)CC3)cc3c(C(=N)[Se]C(=N)C(F)F)c(C4CC4)nn23)CC1. The zero-order valence-corrected chi connectivity index (χ0v) is 26.5. The Morgan fingerprint density at radius 2 is 1.95 bits per heavy atom. The number of hydrogen-bond donors (Lipinski definition) is 3. The summed E-state index contributed by atoms with van der Waals surface area (Å²) >= 11 is 0.500. The first-order valence-corrected chi connectivity index (χ1v) is 17.3. The molecule has 0 radical (unpaired) electrons. The van der Waals surface area contributed by atoms with E-state index in [-0.39, 0.29) is 21.3 Å². The van der Waals surface area contributed by atoms with E-state index in [1.165, 1.54) is 0 Å². The number of rotatable bonds is 11. The van der Waals surface area contributed by atoms with Crippen LogP contribution in [0, 0.1) is 10.8 Å². The van der Waals surface area contributed by atoms with Crippen LogP contribution in [-0.2, 0) is 11.0 Å². The number of aromatic nitrogens is 2. The molecular weight excluding hydrogens is 605 g/mol. The van der Waals surface area contributed by atoms with Crippen LogP contribution < -0.4 is 4.72 Å². The molecule has 2 aromatic heterocycles. The van der Waals surface area contributed by atoms with Crippen molar-refractivity contribution in [2.45, 2.75) is 94.8 Å². The average molecular weight is 644 g/mol. The van der Waals surface area contributed by atoms with Crippen LogP contribution >= 0.6 is 11.9 Å². The van der Waals surface area contributed by atoms with Crippen LogP contribution in [0.2, 0.25) is 0 Å². The predicted octanol–water partition coefficient (Wildman–Crippen LogP) is 5.82. The predicted molar refractivity (Wildman–Crippen MR) is 159 cm³/mol. The molecule has 1 aliphatic heterocycles. The summed E-state index contributed by atoms with van der Waals surface area (Å²) in [6.07, 6.45) is 4.17. The molecule has 1 unspecified atom stereocenters. The molecule has 0 amide bonds. The number of alkyl halides is 2. The van der Waals surface area contributed by atoms with Crippen LogP contribution in [0.3, 0.4) is 0 Å². The monoisotopic (exact) mass is 644 g/mol. The third kappa shape index (κ3) is 7.08. The second-order valence-corrected chi connectivity index (χ2v) is 15.6. The minimum atomic E-state index is -2.84. The zero-order valence-electron chi connectivity index (χ0n) is 23.1. The Labute approximate surface area is 242 Å². The van der Waals surface area contributed by atoms with Crippen LogP contribution in [0.5, 0.6) is 0 Å². The van der Waals surface area contributed by atoms with Gasteiger partial charge in [-0.25, -0.2) is 0 Å². The molecule has 1 atom stereocenters. The summed E-state index contributed by atoms with van der Waals surface area (Å²) in [5.41, 5.74) is 4.30. The van der Waals surface area contributed by atoms with Crippen molar-refractivity contribution in [1.82, 2.24) is 18.6 Å². The van der Waals surface area contributed by atoms with Gasteiger partial charge in [0.25, 0.3) is 0 Å². The number of nitrogens with one attached hydrogen (secondary N) is 3. The molecule has 12 heteroatoms. The first kappa shape index (κ1) is 30.5. The van der Waals surface area contributed by atoms with Gasteiger partial charge in [0.15, 0.2) is 0 Å². The number of fused-ring (bicyclic) bond motifs is 1. The van der Waals surface area contributed by atoms with Gasteiger partial charge < -0.3 is 0 Å². The van der Waals surface area contributed by atoms with Crippen LogP contribution in [-0.4, -0.2) is 72.6 Å². The van der Waals surface area contributed by atoms with E-state index in [1.54, 1.807) is 11.9 Å². The van der Waals surface area contributed by atoms with E-state index in [0.29, 0.717) is 18.7 Å². The van der Waals surface area contributed by atoms with E-state index >= 15 is 0 Å². The second kappa shape index (κ2) is 12.6. The van der Waals surface area contributed by atoms with Gasteiger partial charge in [0.1, 0.15) is 0 Å². The molecule has 3 N–H and O–H groups in total. The average Bonchev–Trinajstić information content (AvgIpc) is 3.86. The van der Waals surface area contributed by atoms with E-state index in [4.69, 9.17) is 15.9 Å². The third-order valence-electron chi connectivity index (χ3n) is 6.91. The number of pyridine rings is 1. The van der Waals surface area contributed by atoms with Crippen molar-refractivity contribution in [3.63, 3.8) is 0 Å². The van der Waals surface area contributed by atoms with E-state index in [9.17, 15) is 13.0 Å². The molecule has 5 rings (SSSR count). The van der Waals surface area contributed by atoms with Gasteiger partial charge in [-0.1, -0.05) is 13.8 Å². The molecule has 3 aliphatic rings. The zero-order chi connectivity index (χ0) is 28.5. The number of nitrogens with zero attached hydrogens (tertiary/aromatic N) is 3. The van der Waals surface area contributed by atoms with Crippen LogP contribution in [0.25, 0.3) is 11.1 Å². The number of halogens is 2. The summed E-state index contributed by atoms with van der Waals surface area (Å²) in [5.74, 6) is 0.225. The Kier molecular flexibility index (Phi) is 9.87. The third-order valence-corrected chi connectivity index (χ3v) is 11.3. The fourth-order valence-electron chi connectivity index (χ4n) is 4.32. The summed E-state index contributed by atoms with van der Waals surface area (Å²) in [7, 11) is -1.04. The molecule has 3 heterocycles. The summed E-state index contributed by atoms with van der Waals surface area (Å²) in [6.45, 7) is 11.4. The number of hydrogen-bond acceptors (Lipinski definition) is 6. The molecule has 2 saturated carbocycles. The topological polar surface area (TPSA) is 97.3 Å². The van der Waals surface area contributed by atoms with Crippen molar-refractivity contribution in [3.05, 3.63) is 35.2 Å². The minimum absolute atomic E-state index is 0.0610. The molecule has 0 bridgehead atoms. The fourth-order valence-corrected chi connectivity index (χ4v) is 7.62. The molecule has 0 spiro atoms. The van der Waals surface area contributed by atoms with Gasteiger partial charge in [-0.15, -0.1) is 0 Å². The van der Waals surface area contributed by atoms with Gasteiger partial charge in [0.05, 0.1) is 0 Å². The van der Waals surface area contributed by atoms with Crippen LogP contribution in [0.4, 0.5) is 8.78 Å². The van der Waals surface area contributed by atoms with E-state index in [1.807, 2.05) is 42.6 Å². The molecule has 2 aromatic rings. The Morgan fingerprint density at radius 3 is 2.49 bits per heavy atom. The normalized spacial score (nSPS) is 19.6. The summed E-state index contributed by atoms with van der Waals surface area (Å²) in [5, 5.41) is 21.5. The van der Waals surface area contributed by atoms with Gasteiger partial charge in [-0.2, -0.15) is 0 Å². The molecule has 2 fully saturated rings. The molecule has 39 heavy (non-hydrogen) atoms.